The van der Waals surface area contributed by atoms with Gasteiger partial charge in [-0.25, -0.2) is 0 Å². The minimum atomic E-state index is -4.72. The monoisotopic (exact) mass is 833 g/mol. The molecular weight excluding hydrogens is 794 g/mol. The fourth-order valence-electron chi connectivity index (χ4n) is 7.08. The Bertz CT molecular complexity index is 2060. The molecule has 1 unspecified atom stereocenters. The topological polar surface area (TPSA) is 149 Å². The van der Waals surface area contributed by atoms with Crippen molar-refractivity contribution in [3.63, 3.8) is 0 Å². The Morgan fingerprint density at radius 1 is 1.00 bits per heavy atom. The van der Waals surface area contributed by atoms with Gasteiger partial charge in [0.25, 0.3) is 5.91 Å². The van der Waals surface area contributed by atoms with Gasteiger partial charge >= 0.3 is 6.18 Å². The second-order valence-corrected chi connectivity index (χ2v) is 15.7. The van der Waals surface area contributed by atoms with Crippen molar-refractivity contribution < 1.29 is 37.1 Å². The number of benzene rings is 3. The van der Waals surface area contributed by atoms with E-state index in [1.165, 1.54) is 6.07 Å². The lowest BCUT2D eigenvalue weighted by Crippen LogP contribution is -2.47. The van der Waals surface area contributed by atoms with E-state index in [0.717, 1.165) is 49.4 Å². The van der Waals surface area contributed by atoms with Crippen molar-refractivity contribution in [3.05, 3.63) is 70.2 Å². The van der Waals surface area contributed by atoms with Crippen LogP contribution in [0.3, 0.4) is 0 Å². The van der Waals surface area contributed by atoms with Crippen LogP contribution >= 0.6 is 35.4 Å². The first-order valence-corrected chi connectivity index (χ1v) is 19.1. The summed E-state index contributed by atoms with van der Waals surface area (Å²) in [5.74, 6) is -0.630. The molecule has 3 aromatic carbocycles. The van der Waals surface area contributed by atoms with Crippen molar-refractivity contribution in [1.29, 1.82) is 0 Å². The molecule has 18 heteroatoms. The van der Waals surface area contributed by atoms with Crippen molar-refractivity contribution in [2.24, 2.45) is 5.92 Å². The van der Waals surface area contributed by atoms with Gasteiger partial charge < -0.3 is 26.0 Å². The zero-order valence-corrected chi connectivity index (χ0v) is 32.8. The molecule has 56 heavy (non-hydrogen) atoms. The first-order chi connectivity index (χ1) is 26.4. The molecule has 1 atom stereocenters. The molecule has 3 heterocycles. The second-order valence-electron chi connectivity index (χ2n) is 14.5. The first-order valence-electron chi connectivity index (χ1n) is 17.9. The Kier molecular flexibility index (Phi) is 12.0. The van der Waals surface area contributed by atoms with Crippen molar-refractivity contribution in [2.75, 3.05) is 52.4 Å². The minimum Gasteiger partial charge on any atom is -0.492 e. The molecule has 3 aliphatic heterocycles. The van der Waals surface area contributed by atoms with Gasteiger partial charge in [0.05, 0.1) is 29.4 Å². The molecule has 0 aromatic heterocycles. The van der Waals surface area contributed by atoms with Crippen LogP contribution in [0.4, 0.5) is 41.6 Å². The zero-order valence-electron chi connectivity index (χ0n) is 30.5. The average Bonchev–Trinajstić information content (AvgIpc) is 3.29. The largest absolute Gasteiger partial charge is 0.492 e. The summed E-state index contributed by atoms with van der Waals surface area (Å²) < 4.78 is 46.8. The maximum absolute atomic E-state index is 13.6. The molecule has 6 rings (SSSR count). The van der Waals surface area contributed by atoms with Gasteiger partial charge in [-0.1, -0.05) is 23.2 Å². The van der Waals surface area contributed by atoms with Gasteiger partial charge in [-0.3, -0.25) is 34.3 Å². The molecule has 0 spiro atoms. The summed E-state index contributed by atoms with van der Waals surface area (Å²) >= 11 is 18.5. The predicted octanol–water partition coefficient (Wildman–Crippen LogP) is 6.85. The van der Waals surface area contributed by atoms with Crippen LogP contribution in [0.5, 0.6) is 5.75 Å². The van der Waals surface area contributed by atoms with Gasteiger partial charge in [0.1, 0.15) is 17.3 Å². The standard InChI is InChI=1S/C38H40Cl2F3N7O5S/c1-37(2)35(54)49(25-3-5-29(44)27(18-25)38(41,42)43)36(56)50(37)26-4-7-31(28(40)19-26)55-14-11-21-9-12-48(13-10-21)20-33(52)46-24-16-22(39)15-23(17-24)45-30-6-8-32(51)47-34(30)53/h3-5,7,15-19,21,30,45H,6,8-14,20,44H2,1-2H3,(H,46,52)(H,47,51,53). The molecule has 0 bridgehead atoms. The number of hydrogen-bond acceptors (Lipinski definition) is 9. The number of anilines is 5. The highest BCUT2D eigenvalue weighted by Crippen LogP contribution is 2.42. The fourth-order valence-corrected chi connectivity index (χ4v) is 8.07. The number of carbonyl (C=O) groups is 4. The van der Waals surface area contributed by atoms with Crippen LogP contribution in [0.25, 0.3) is 0 Å². The van der Waals surface area contributed by atoms with E-state index < -0.39 is 40.8 Å². The number of imide groups is 1. The summed E-state index contributed by atoms with van der Waals surface area (Å²) in [5, 5.41) is 8.91. The van der Waals surface area contributed by atoms with Gasteiger partial charge in [0, 0.05) is 34.2 Å². The predicted molar refractivity (Wildman–Crippen MR) is 213 cm³/mol. The van der Waals surface area contributed by atoms with E-state index in [1.54, 1.807) is 55.1 Å². The van der Waals surface area contributed by atoms with Gasteiger partial charge in [-0.15, -0.1) is 0 Å². The van der Waals surface area contributed by atoms with Crippen LogP contribution in [-0.4, -0.2) is 71.5 Å². The molecule has 3 aromatic rings. The number of likely N-dealkylation sites (tertiary alicyclic amines) is 1. The number of nitrogens with two attached hydrogens (primary N) is 1. The Morgan fingerprint density at radius 3 is 2.38 bits per heavy atom. The number of nitrogen functional groups attached to an aromatic ring is 1. The Labute approximate surface area is 336 Å². The number of nitrogens with one attached hydrogen (secondary N) is 3. The van der Waals surface area contributed by atoms with Gasteiger partial charge in [0.15, 0.2) is 5.11 Å². The number of hydrogen-bond donors (Lipinski definition) is 4. The third kappa shape index (κ3) is 9.14. The molecule has 298 valence electrons. The molecular formula is C38H40Cl2F3N7O5S. The Balaban J connectivity index is 0.976. The summed E-state index contributed by atoms with van der Waals surface area (Å²) in [7, 11) is 0. The van der Waals surface area contributed by atoms with E-state index in [1.807, 2.05) is 0 Å². The summed E-state index contributed by atoms with van der Waals surface area (Å²) in [6, 6.07) is 12.6. The molecule has 3 aliphatic rings. The van der Waals surface area contributed by atoms with E-state index in [2.05, 4.69) is 20.9 Å². The number of alkyl halides is 3. The number of amides is 4. The number of piperidine rings is 2. The van der Waals surface area contributed by atoms with Gasteiger partial charge in [0.2, 0.25) is 17.7 Å². The third-order valence-corrected chi connectivity index (χ3v) is 10.9. The highest BCUT2D eigenvalue weighted by Gasteiger charge is 2.51. The van der Waals surface area contributed by atoms with Crippen molar-refractivity contribution in [1.82, 2.24) is 10.2 Å². The molecule has 0 aliphatic carbocycles. The van der Waals surface area contributed by atoms with Crippen LogP contribution in [0.1, 0.15) is 51.5 Å². The normalized spacial score (nSPS) is 19.3. The summed E-state index contributed by atoms with van der Waals surface area (Å²) in [4.78, 5) is 54.8. The maximum atomic E-state index is 13.6. The van der Waals surface area contributed by atoms with Crippen molar-refractivity contribution in [3.8, 4) is 5.75 Å². The molecule has 4 amide bonds. The summed E-state index contributed by atoms with van der Waals surface area (Å²) in [5.41, 5.74) is 4.26. The minimum absolute atomic E-state index is 0.00983. The average molecular weight is 835 g/mol. The SMILES string of the molecule is CC1(C)C(=O)N(c2ccc(N)c(C(F)(F)F)c2)C(=S)N1c1ccc(OCCC2CCN(CC(=O)Nc3cc(Cl)cc(NC4CCC(=O)NC4=O)c3)CC2)c(Cl)c1. The number of rotatable bonds is 11. The number of carbonyl (C=O) groups excluding carboxylic acids is 4. The molecule has 3 fully saturated rings. The fraction of sp³-hybridized carbons (Fsp3) is 0.395. The van der Waals surface area contributed by atoms with Crippen LogP contribution in [0.15, 0.2) is 54.6 Å². The lowest BCUT2D eigenvalue weighted by Gasteiger charge is -2.31. The van der Waals surface area contributed by atoms with Gasteiger partial charge in [-0.05, 0) is 125 Å². The Morgan fingerprint density at radius 2 is 1.70 bits per heavy atom. The van der Waals surface area contributed by atoms with Crippen LogP contribution in [0.2, 0.25) is 10.0 Å². The highest BCUT2D eigenvalue weighted by molar-refractivity contribution is 7.81. The highest BCUT2D eigenvalue weighted by atomic mass is 35.5. The second kappa shape index (κ2) is 16.5. The first kappa shape index (κ1) is 41.0. The van der Waals surface area contributed by atoms with E-state index in [-0.39, 0.29) is 40.6 Å². The summed E-state index contributed by atoms with van der Waals surface area (Å²) in [6.07, 6.45) is -1.63. The number of ether oxygens (including phenoxy) is 1. The lowest BCUT2D eigenvalue weighted by molar-refractivity contribution is -0.137. The van der Waals surface area contributed by atoms with Crippen LogP contribution in [-0.2, 0) is 25.4 Å². The van der Waals surface area contributed by atoms with Crippen molar-refractivity contribution >= 4 is 92.6 Å². The van der Waals surface area contributed by atoms with E-state index in [4.69, 9.17) is 45.9 Å². The zero-order chi connectivity index (χ0) is 40.5. The molecule has 12 nitrogen and oxygen atoms in total. The third-order valence-electron chi connectivity index (χ3n) is 10.1. The quantitative estimate of drug-likeness (QED) is 0.0919. The molecule has 0 saturated carbocycles. The number of nitrogens with zero attached hydrogens (tertiary/aromatic N) is 3. The number of thiocarbonyl (C=S) groups is 1. The summed E-state index contributed by atoms with van der Waals surface area (Å²) in [6.45, 7) is 5.29. The van der Waals surface area contributed by atoms with Gasteiger partial charge in [-0.2, -0.15) is 13.2 Å². The molecule has 3 saturated heterocycles. The van der Waals surface area contributed by atoms with Crippen LogP contribution in [0, 0.1) is 5.92 Å². The lowest BCUT2D eigenvalue weighted by atomic mass is 9.94. The maximum Gasteiger partial charge on any atom is 0.418 e. The van der Waals surface area contributed by atoms with E-state index >= 15 is 0 Å². The van der Waals surface area contributed by atoms with E-state index in [9.17, 15) is 32.3 Å². The smallest absolute Gasteiger partial charge is 0.418 e. The van der Waals surface area contributed by atoms with Crippen LogP contribution < -0.4 is 36.2 Å². The molecule has 0 radical (unpaired) electrons. The molecule has 5 N–H and O–H groups in total. The number of halogens is 5. The van der Waals surface area contributed by atoms with E-state index in [0.29, 0.717) is 46.8 Å². The van der Waals surface area contributed by atoms with Crippen molar-refractivity contribution in [2.45, 2.75) is 63.7 Å². The Hall–Kier alpha value is -4.64.